The van der Waals surface area contributed by atoms with Gasteiger partial charge in [-0.2, -0.15) is 0 Å². The van der Waals surface area contributed by atoms with Gasteiger partial charge in [-0.1, -0.05) is 6.07 Å². The SMILES string of the molecule is N=[N+]=NC1CN(C(=O)O)C(C(=O)Nc2cccc(Br)n2)C1F. The van der Waals surface area contributed by atoms with Gasteiger partial charge in [0, 0.05) is 0 Å². The number of anilines is 1. The summed E-state index contributed by atoms with van der Waals surface area (Å²) in [5.74, 6) is -0.703. The highest BCUT2D eigenvalue weighted by atomic mass is 79.9. The van der Waals surface area contributed by atoms with Gasteiger partial charge >= 0.3 is 6.09 Å². The largest absolute Gasteiger partial charge is 0.465 e. The van der Waals surface area contributed by atoms with Crippen LogP contribution >= 0.6 is 15.9 Å². The van der Waals surface area contributed by atoms with Crippen LogP contribution in [-0.2, 0) is 4.79 Å². The maximum atomic E-state index is 14.2. The van der Waals surface area contributed by atoms with Crippen molar-refractivity contribution in [3.8, 4) is 0 Å². The second-order valence-corrected chi connectivity index (χ2v) is 5.25. The molecule has 3 N–H and O–H groups in total. The predicted octanol–water partition coefficient (Wildman–Crippen LogP) is 1.40. The number of hydrogen-bond donors (Lipinski definition) is 3. The number of alkyl halides is 1. The van der Waals surface area contributed by atoms with E-state index in [4.69, 9.17) is 10.6 Å². The maximum Gasteiger partial charge on any atom is 0.408 e. The first kappa shape index (κ1) is 16.0. The molecule has 22 heavy (non-hydrogen) atoms. The van der Waals surface area contributed by atoms with Gasteiger partial charge in [0.25, 0.3) is 5.91 Å². The number of hydrogen-bond acceptors (Lipinski definition) is 5. The summed E-state index contributed by atoms with van der Waals surface area (Å²) in [5, 5.41) is 14.7. The Morgan fingerprint density at radius 2 is 2.32 bits per heavy atom. The Labute approximate surface area is 131 Å². The first-order valence-corrected chi connectivity index (χ1v) is 6.87. The molecule has 1 saturated heterocycles. The third kappa shape index (κ3) is 3.26. The van der Waals surface area contributed by atoms with Gasteiger partial charge in [0.2, 0.25) is 4.91 Å². The minimum Gasteiger partial charge on any atom is -0.465 e. The molecule has 2 rings (SSSR count). The van der Waals surface area contributed by atoms with Crippen LogP contribution in [0.4, 0.5) is 15.0 Å². The second kappa shape index (κ2) is 6.58. The molecule has 0 radical (unpaired) electrons. The van der Waals surface area contributed by atoms with Crippen LogP contribution in [0.3, 0.4) is 0 Å². The first-order valence-electron chi connectivity index (χ1n) is 6.07. The van der Waals surface area contributed by atoms with Crippen molar-refractivity contribution < 1.29 is 19.1 Å². The smallest absolute Gasteiger partial charge is 0.408 e. The molecule has 2 amide bonds. The molecule has 1 fully saturated rings. The second-order valence-electron chi connectivity index (χ2n) is 4.44. The standard InChI is InChI=1S/C11H10BrFN6O3/c12-6-2-1-3-7(15-6)16-10(20)9-8(13)5(17-18-14)4-19(9)11(21)22/h1-3,5,8-9,14H,4H2,(H-,15,16,20,21,22)/p+1. The number of nitrogens with one attached hydrogen (secondary N) is 2. The molecule has 3 atom stereocenters. The van der Waals surface area contributed by atoms with E-state index in [-0.39, 0.29) is 12.4 Å². The Bertz CT molecular complexity index is 652. The van der Waals surface area contributed by atoms with Gasteiger partial charge in [-0.15, -0.1) is 0 Å². The number of carbonyl (C=O) groups is 2. The molecule has 1 aliphatic heterocycles. The van der Waals surface area contributed by atoms with Crippen LogP contribution in [0.2, 0.25) is 0 Å². The van der Waals surface area contributed by atoms with Gasteiger partial charge in [-0.25, -0.2) is 14.2 Å². The van der Waals surface area contributed by atoms with Crippen molar-refractivity contribution in [2.45, 2.75) is 18.3 Å². The summed E-state index contributed by atoms with van der Waals surface area (Å²) in [5.41, 5.74) is 6.62. The molecule has 0 spiro atoms. The molecule has 1 aromatic rings. The third-order valence-electron chi connectivity index (χ3n) is 3.08. The van der Waals surface area contributed by atoms with Gasteiger partial charge in [0.1, 0.15) is 27.1 Å². The first-order chi connectivity index (χ1) is 10.4. The highest BCUT2D eigenvalue weighted by Gasteiger charge is 2.51. The van der Waals surface area contributed by atoms with Gasteiger partial charge in [-0.05, 0) is 28.1 Å². The number of amides is 2. The molecule has 0 aliphatic carbocycles. The fraction of sp³-hybridized carbons (Fsp3) is 0.364. The summed E-state index contributed by atoms with van der Waals surface area (Å²) >= 11 is 3.12. The molecule has 3 unspecified atom stereocenters. The van der Waals surface area contributed by atoms with E-state index in [1.54, 1.807) is 12.1 Å². The van der Waals surface area contributed by atoms with Crippen LogP contribution in [0.1, 0.15) is 0 Å². The average molecular weight is 374 g/mol. The lowest BCUT2D eigenvalue weighted by Gasteiger charge is -2.21. The monoisotopic (exact) mass is 373 g/mol. The van der Waals surface area contributed by atoms with Crippen molar-refractivity contribution in [3.05, 3.63) is 22.8 Å². The van der Waals surface area contributed by atoms with E-state index in [0.717, 1.165) is 0 Å². The van der Waals surface area contributed by atoms with Crippen LogP contribution in [-0.4, -0.2) is 51.8 Å². The fourth-order valence-corrected chi connectivity index (χ4v) is 2.48. The van der Waals surface area contributed by atoms with Gasteiger partial charge in [-0.3, -0.25) is 9.69 Å². The summed E-state index contributed by atoms with van der Waals surface area (Å²) in [4.78, 5) is 30.6. The summed E-state index contributed by atoms with van der Waals surface area (Å²) in [6.07, 6.45) is -3.34. The summed E-state index contributed by atoms with van der Waals surface area (Å²) in [6, 6.07) is 1.97. The van der Waals surface area contributed by atoms with Gasteiger partial charge in [0.15, 0.2) is 12.2 Å². The van der Waals surface area contributed by atoms with Crippen molar-refractivity contribution in [1.29, 1.82) is 5.53 Å². The molecular formula is C11H11BrFN6O3+. The van der Waals surface area contributed by atoms with Crippen LogP contribution in [0, 0.1) is 5.53 Å². The molecule has 0 saturated carbocycles. The normalized spacial score (nSPS) is 23.7. The number of likely N-dealkylation sites (tertiary alicyclic amines) is 1. The van der Waals surface area contributed by atoms with E-state index in [9.17, 15) is 14.0 Å². The number of nitrogens with zero attached hydrogens (tertiary/aromatic N) is 4. The summed E-state index contributed by atoms with van der Waals surface area (Å²) in [7, 11) is 0. The number of rotatable bonds is 3. The molecule has 0 bridgehead atoms. The average Bonchev–Trinajstić information content (AvgIpc) is 2.77. The van der Waals surface area contributed by atoms with Crippen LogP contribution in [0.5, 0.6) is 0 Å². The fourth-order valence-electron chi connectivity index (χ4n) is 2.13. The van der Waals surface area contributed by atoms with Crippen LogP contribution in [0.25, 0.3) is 0 Å². The number of carboxylic acid groups (broad SMARTS) is 1. The predicted molar refractivity (Wildman–Crippen MR) is 75.1 cm³/mol. The lowest BCUT2D eigenvalue weighted by Crippen LogP contribution is -2.46. The van der Waals surface area contributed by atoms with E-state index in [2.05, 4.69) is 36.3 Å². The molecule has 11 heteroatoms. The molecule has 0 aromatic carbocycles. The van der Waals surface area contributed by atoms with Crippen LogP contribution < -0.4 is 10.2 Å². The van der Waals surface area contributed by atoms with E-state index < -0.39 is 30.3 Å². The molecule has 1 aliphatic rings. The number of halogens is 2. The van der Waals surface area contributed by atoms with Crippen LogP contribution in [0.15, 0.2) is 27.9 Å². The Morgan fingerprint density at radius 3 is 2.91 bits per heavy atom. The number of carbonyl (C=O) groups excluding carboxylic acids is 1. The molecule has 2 heterocycles. The zero-order valence-corrected chi connectivity index (χ0v) is 12.6. The van der Waals surface area contributed by atoms with E-state index in [1.165, 1.54) is 6.07 Å². The Kier molecular flexibility index (Phi) is 4.78. The Hall–Kier alpha value is -2.39. The number of pyridine rings is 1. The van der Waals surface area contributed by atoms with E-state index >= 15 is 0 Å². The molecule has 116 valence electrons. The minimum atomic E-state index is -1.89. The summed E-state index contributed by atoms with van der Waals surface area (Å²) < 4.78 is 14.7. The quantitative estimate of drug-likeness (QED) is 0.419. The Balaban J connectivity index is 2.21. The van der Waals surface area contributed by atoms with Gasteiger partial charge < -0.3 is 10.4 Å². The van der Waals surface area contributed by atoms with Crippen molar-refractivity contribution in [3.63, 3.8) is 0 Å². The molecule has 9 nitrogen and oxygen atoms in total. The third-order valence-corrected chi connectivity index (χ3v) is 3.52. The summed E-state index contributed by atoms with van der Waals surface area (Å²) in [6.45, 7) is -0.344. The molecular weight excluding hydrogens is 363 g/mol. The highest BCUT2D eigenvalue weighted by molar-refractivity contribution is 9.10. The lowest BCUT2D eigenvalue weighted by atomic mass is 10.1. The van der Waals surface area contributed by atoms with Crippen molar-refractivity contribution >= 4 is 33.7 Å². The maximum absolute atomic E-state index is 14.2. The highest BCUT2D eigenvalue weighted by Crippen LogP contribution is 2.25. The van der Waals surface area contributed by atoms with Gasteiger partial charge in [0.05, 0.1) is 6.54 Å². The zero-order valence-electron chi connectivity index (χ0n) is 11.0. The zero-order chi connectivity index (χ0) is 16.3. The number of aromatic nitrogens is 1. The molecule has 1 aromatic heterocycles. The van der Waals surface area contributed by atoms with E-state index in [1.807, 2.05) is 0 Å². The van der Waals surface area contributed by atoms with E-state index in [0.29, 0.717) is 9.50 Å². The van der Waals surface area contributed by atoms with Crippen molar-refractivity contribution in [2.75, 3.05) is 11.9 Å². The lowest BCUT2D eigenvalue weighted by molar-refractivity contribution is -0.121. The minimum absolute atomic E-state index is 0.155. The van der Waals surface area contributed by atoms with Crippen molar-refractivity contribution in [2.24, 2.45) is 5.11 Å². The Morgan fingerprint density at radius 1 is 1.59 bits per heavy atom. The topological polar surface area (TPSA) is 133 Å². The van der Waals surface area contributed by atoms with Crippen molar-refractivity contribution in [1.82, 2.24) is 14.8 Å².